The highest BCUT2D eigenvalue weighted by atomic mass is 35.5. The van der Waals surface area contributed by atoms with Crippen molar-refractivity contribution < 1.29 is 31.2 Å². The fourth-order valence-corrected chi connectivity index (χ4v) is 5.20. The van der Waals surface area contributed by atoms with Crippen molar-refractivity contribution in [2.75, 3.05) is 17.1 Å². The van der Waals surface area contributed by atoms with Crippen molar-refractivity contribution in [2.45, 2.75) is 51.5 Å². The van der Waals surface area contributed by atoms with E-state index in [2.05, 4.69) is 5.32 Å². The van der Waals surface area contributed by atoms with Crippen molar-refractivity contribution >= 4 is 39.1 Å². The minimum absolute atomic E-state index is 0.0817. The third-order valence-electron chi connectivity index (χ3n) is 6.68. The SMILES string of the molecule is CC[C@@H](C)NC(=O)[C@@H](Cc1ccccc1)N(Cc1ccc(Cl)cc1)C(=O)CN(c1cccc(C(F)(F)F)c1)S(C)(=O)=O. The molecule has 0 bridgehead atoms. The van der Waals surface area contributed by atoms with Crippen LogP contribution in [0.3, 0.4) is 0 Å². The summed E-state index contributed by atoms with van der Waals surface area (Å²) >= 11 is 6.04. The second kappa shape index (κ2) is 14.1. The molecule has 226 valence electrons. The van der Waals surface area contributed by atoms with Gasteiger partial charge in [-0.1, -0.05) is 67.1 Å². The van der Waals surface area contributed by atoms with E-state index >= 15 is 0 Å². The Bertz CT molecular complexity index is 1470. The molecule has 3 aromatic carbocycles. The molecular formula is C30H33ClF3N3O4S. The van der Waals surface area contributed by atoms with Gasteiger partial charge in [-0.2, -0.15) is 13.2 Å². The lowest BCUT2D eigenvalue weighted by Gasteiger charge is -2.34. The van der Waals surface area contributed by atoms with Gasteiger partial charge in [0.15, 0.2) is 0 Å². The van der Waals surface area contributed by atoms with Gasteiger partial charge in [-0.25, -0.2) is 8.42 Å². The number of nitrogens with one attached hydrogen (secondary N) is 1. The molecule has 0 spiro atoms. The van der Waals surface area contributed by atoms with Crippen LogP contribution in [-0.2, 0) is 38.8 Å². The number of alkyl halides is 3. The average molecular weight is 624 g/mol. The van der Waals surface area contributed by atoms with Crippen LogP contribution in [-0.4, -0.2) is 50.0 Å². The van der Waals surface area contributed by atoms with Gasteiger partial charge in [-0.15, -0.1) is 0 Å². The number of carbonyl (C=O) groups excluding carboxylic acids is 2. The number of anilines is 1. The second-order valence-corrected chi connectivity index (χ2v) is 12.3. The van der Waals surface area contributed by atoms with Crippen LogP contribution in [0.1, 0.15) is 37.0 Å². The molecule has 42 heavy (non-hydrogen) atoms. The number of carbonyl (C=O) groups is 2. The number of benzene rings is 3. The van der Waals surface area contributed by atoms with E-state index < -0.39 is 46.2 Å². The van der Waals surface area contributed by atoms with Crippen LogP contribution in [0.4, 0.5) is 18.9 Å². The lowest BCUT2D eigenvalue weighted by molar-refractivity contribution is -0.140. The fourth-order valence-electron chi connectivity index (χ4n) is 4.23. The molecule has 0 heterocycles. The van der Waals surface area contributed by atoms with Gasteiger partial charge in [0, 0.05) is 24.0 Å². The molecule has 2 atom stereocenters. The third-order valence-corrected chi connectivity index (χ3v) is 8.07. The summed E-state index contributed by atoms with van der Waals surface area (Å²) < 4.78 is 66.5. The van der Waals surface area contributed by atoms with Gasteiger partial charge in [0.2, 0.25) is 21.8 Å². The maximum atomic E-state index is 14.0. The highest BCUT2D eigenvalue weighted by molar-refractivity contribution is 7.92. The molecule has 12 heteroatoms. The van der Waals surface area contributed by atoms with E-state index in [1.807, 2.05) is 19.9 Å². The van der Waals surface area contributed by atoms with Crippen molar-refractivity contribution in [3.05, 3.63) is 101 Å². The number of halogens is 4. The van der Waals surface area contributed by atoms with Crippen LogP contribution < -0.4 is 9.62 Å². The van der Waals surface area contributed by atoms with Crippen molar-refractivity contribution in [2.24, 2.45) is 0 Å². The molecule has 0 aliphatic carbocycles. The summed E-state index contributed by atoms with van der Waals surface area (Å²) in [6.07, 6.45) is -3.17. The van der Waals surface area contributed by atoms with Gasteiger partial charge in [0.05, 0.1) is 17.5 Å². The predicted molar refractivity (Wildman–Crippen MR) is 157 cm³/mol. The largest absolute Gasteiger partial charge is 0.416 e. The Morgan fingerprint density at radius 1 is 0.952 bits per heavy atom. The smallest absolute Gasteiger partial charge is 0.352 e. The first-order chi connectivity index (χ1) is 19.7. The van der Waals surface area contributed by atoms with Crippen LogP contribution in [0.25, 0.3) is 0 Å². The summed E-state index contributed by atoms with van der Waals surface area (Å²) in [4.78, 5) is 28.9. The fraction of sp³-hybridized carbons (Fsp3) is 0.333. The van der Waals surface area contributed by atoms with Crippen LogP contribution >= 0.6 is 11.6 Å². The lowest BCUT2D eigenvalue weighted by atomic mass is 10.0. The number of nitrogens with zero attached hydrogens (tertiary/aromatic N) is 2. The summed E-state index contributed by atoms with van der Waals surface area (Å²) in [5.74, 6) is -1.21. The zero-order chi connectivity index (χ0) is 31.1. The second-order valence-electron chi connectivity index (χ2n) is 9.99. The standard InChI is InChI=1S/C30H33ClF3N3O4S/c1-4-21(2)35-29(39)27(17-22-9-6-5-7-10-22)36(19-23-13-15-25(31)16-14-23)28(38)20-37(42(3,40)41)26-12-8-11-24(18-26)30(32,33)34/h5-16,18,21,27H,4,17,19-20H2,1-3H3,(H,35,39)/t21-,27-/m1/s1. The Kier molecular flexibility index (Phi) is 11.0. The van der Waals surface area contributed by atoms with E-state index in [0.717, 1.165) is 24.0 Å². The summed E-state index contributed by atoms with van der Waals surface area (Å²) in [5, 5.41) is 3.37. The van der Waals surface area contributed by atoms with Crippen molar-refractivity contribution in [1.82, 2.24) is 10.2 Å². The first-order valence-electron chi connectivity index (χ1n) is 13.2. The molecule has 2 amide bonds. The van der Waals surface area contributed by atoms with E-state index in [4.69, 9.17) is 11.6 Å². The van der Waals surface area contributed by atoms with E-state index in [0.29, 0.717) is 27.4 Å². The molecular weight excluding hydrogens is 591 g/mol. The number of hydrogen-bond acceptors (Lipinski definition) is 4. The summed E-state index contributed by atoms with van der Waals surface area (Å²) in [5.41, 5.74) is -0.00882. The molecule has 0 fully saturated rings. The van der Waals surface area contributed by atoms with Gasteiger partial charge in [0.1, 0.15) is 12.6 Å². The Morgan fingerprint density at radius 3 is 2.17 bits per heavy atom. The van der Waals surface area contributed by atoms with E-state index in [-0.39, 0.29) is 24.7 Å². The molecule has 0 aliphatic heterocycles. The van der Waals surface area contributed by atoms with Crippen LogP contribution in [0, 0.1) is 0 Å². The van der Waals surface area contributed by atoms with Crippen LogP contribution in [0.15, 0.2) is 78.9 Å². The van der Waals surface area contributed by atoms with E-state index in [1.54, 1.807) is 48.5 Å². The van der Waals surface area contributed by atoms with E-state index in [9.17, 15) is 31.2 Å². The quantitative estimate of drug-likeness (QED) is 0.281. The summed E-state index contributed by atoms with van der Waals surface area (Å²) in [6, 6.07) is 18.1. The third kappa shape index (κ3) is 9.22. The van der Waals surface area contributed by atoms with Gasteiger partial charge >= 0.3 is 6.18 Å². The number of rotatable bonds is 12. The zero-order valence-electron chi connectivity index (χ0n) is 23.4. The average Bonchev–Trinajstić information content (AvgIpc) is 2.93. The number of hydrogen-bond donors (Lipinski definition) is 1. The van der Waals surface area contributed by atoms with Gasteiger partial charge in [0.25, 0.3) is 0 Å². The van der Waals surface area contributed by atoms with Crippen molar-refractivity contribution in [3.8, 4) is 0 Å². The Morgan fingerprint density at radius 2 is 1.60 bits per heavy atom. The minimum atomic E-state index is -4.72. The molecule has 7 nitrogen and oxygen atoms in total. The Balaban J connectivity index is 2.08. The molecule has 0 aliphatic rings. The van der Waals surface area contributed by atoms with Crippen LogP contribution in [0.2, 0.25) is 5.02 Å². The lowest BCUT2D eigenvalue weighted by Crippen LogP contribution is -2.54. The maximum absolute atomic E-state index is 14.0. The first kappa shape index (κ1) is 32.9. The van der Waals surface area contributed by atoms with Gasteiger partial charge in [-0.3, -0.25) is 13.9 Å². The molecule has 3 aromatic rings. The molecule has 0 aromatic heterocycles. The molecule has 0 radical (unpaired) electrons. The summed E-state index contributed by atoms with van der Waals surface area (Å²) in [7, 11) is -4.21. The highest BCUT2D eigenvalue weighted by Crippen LogP contribution is 2.32. The zero-order valence-corrected chi connectivity index (χ0v) is 25.0. The monoisotopic (exact) mass is 623 g/mol. The Hall–Kier alpha value is -3.57. The topological polar surface area (TPSA) is 86.8 Å². The predicted octanol–water partition coefficient (Wildman–Crippen LogP) is 5.68. The van der Waals surface area contributed by atoms with E-state index in [1.165, 1.54) is 11.0 Å². The number of amides is 2. The highest BCUT2D eigenvalue weighted by Gasteiger charge is 2.35. The normalized spacial score (nSPS) is 13.2. The molecule has 1 N–H and O–H groups in total. The molecule has 3 rings (SSSR count). The van der Waals surface area contributed by atoms with Gasteiger partial charge < -0.3 is 10.2 Å². The maximum Gasteiger partial charge on any atom is 0.416 e. The molecule has 0 saturated carbocycles. The number of sulfonamides is 1. The van der Waals surface area contributed by atoms with Crippen molar-refractivity contribution in [1.29, 1.82) is 0 Å². The molecule has 0 unspecified atom stereocenters. The molecule has 0 saturated heterocycles. The Labute approximate surface area is 249 Å². The van der Waals surface area contributed by atoms with Crippen molar-refractivity contribution in [3.63, 3.8) is 0 Å². The van der Waals surface area contributed by atoms with Crippen LogP contribution in [0.5, 0.6) is 0 Å². The van der Waals surface area contributed by atoms with Gasteiger partial charge in [-0.05, 0) is 54.8 Å². The first-order valence-corrected chi connectivity index (χ1v) is 15.4. The minimum Gasteiger partial charge on any atom is -0.352 e. The summed E-state index contributed by atoms with van der Waals surface area (Å²) in [6.45, 7) is 2.81.